The molecule has 0 aliphatic rings. The van der Waals surface area contributed by atoms with Crippen LogP contribution in [0, 0.1) is 10.7 Å². The van der Waals surface area contributed by atoms with Crippen LogP contribution >= 0.6 is 23.6 Å². The molecule has 0 aromatic carbocycles. The van der Waals surface area contributed by atoms with E-state index in [-0.39, 0.29) is 5.91 Å². The molecule has 1 amide bonds. The van der Waals surface area contributed by atoms with Crippen LogP contribution in [0.1, 0.15) is 26.8 Å². The average molecular weight is 310 g/mol. The highest BCUT2D eigenvalue weighted by Crippen LogP contribution is 2.25. The first-order valence-corrected chi connectivity index (χ1v) is 7.78. The normalized spacial score (nSPS) is 12.6. The number of nitrogens with zero attached hydrogens (tertiary/aromatic N) is 2. The summed E-state index contributed by atoms with van der Waals surface area (Å²) < 4.78 is 2.22. The Balaban J connectivity index is 2.26. The van der Waals surface area contributed by atoms with Crippen LogP contribution in [-0.4, -0.2) is 27.2 Å². The van der Waals surface area contributed by atoms with E-state index in [4.69, 9.17) is 12.2 Å². The van der Waals surface area contributed by atoms with Crippen LogP contribution in [0.3, 0.4) is 0 Å². The number of aromatic amines is 1. The predicted octanol–water partition coefficient (Wildman–Crippen LogP) is 3.00. The van der Waals surface area contributed by atoms with Gasteiger partial charge in [-0.2, -0.15) is 5.10 Å². The van der Waals surface area contributed by atoms with E-state index in [9.17, 15) is 4.79 Å². The Labute approximate surface area is 127 Å². The molecule has 0 saturated carbocycles. The van der Waals surface area contributed by atoms with Crippen LogP contribution in [0.25, 0.3) is 10.7 Å². The maximum atomic E-state index is 12.2. The van der Waals surface area contributed by atoms with Crippen molar-refractivity contribution in [3.63, 3.8) is 0 Å². The predicted molar refractivity (Wildman–Crippen MR) is 83.3 cm³/mol. The van der Waals surface area contributed by atoms with E-state index in [1.54, 1.807) is 15.9 Å². The molecule has 2 N–H and O–H groups in total. The number of hydrogen-bond acceptors (Lipinski definition) is 4. The van der Waals surface area contributed by atoms with E-state index in [1.165, 1.54) is 0 Å². The molecule has 2 aromatic rings. The van der Waals surface area contributed by atoms with Crippen molar-refractivity contribution in [3.8, 4) is 10.7 Å². The van der Waals surface area contributed by atoms with E-state index >= 15 is 0 Å². The Morgan fingerprint density at radius 3 is 2.90 bits per heavy atom. The standard InChI is InChI=1S/C13H18N4OS2/c1-8(2)7-14-12(18)9(3)17-11(15-16-13(17)19)10-5-4-6-20-10/h4-6,8-9H,7H2,1-3H3,(H,14,18)(H,16,19)/t9-/m1/s1. The molecule has 0 fully saturated rings. The molecule has 2 heterocycles. The van der Waals surface area contributed by atoms with E-state index in [0.29, 0.717) is 23.1 Å². The molecule has 1 atom stereocenters. The molecule has 2 rings (SSSR count). The zero-order valence-corrected chi connectivity index (χ0v) is 13.3. The fourth-order valence-electron chi connectivity index (χ4n) is 1.81. The van der Waals surface area contributed by atoms with Crippen molar-refractivity contribution in [1.29, 1.82) is 0 Å². The lowest BCUT2D eigenvalue weighted by atomic mass is 10.2. The number of amides is 1. The largest absolute Gasteiger partial charge is 0.354 e. The lowest BCUT2D eigenvalue weighted by Crippen LogP contribution is -2.33. The third-order valence-electron chi connectivity index (χ3n) is 2.90. The monoisotopic (exact) mass is 310 g/mol. The van der Waals surface area contributed by atoms with Gasteiger partial charge in [0.1, 0.15) is 6.04 Å². The minimum atomic E-state index is -0.392. The molecule has 5 nitrogen and oxygen atoms in total. The highest BCUT2D eigenvalue weighted by molar-refractivity contribution is 7.71. The summed E-state index contributed by atoms with van der Waals surface area (Å²) in [6, 6.07) is 3.52. The summed E-state index contributed by atoms with van der Waals surface area (Å²) in [4.78, 5) is 13.2. The Hall–Kier alpha value is -1.47. The Morgan fingerprint density at radius 1 is 1.55 bits per heavy atom. The van der Waals surface area contributed by atoms with Crippen molar-refractivity contribution >= 4 is 29.5 Å². The molecule has 0 unspecified atom stereocenters. The summed E-state index contributed by atoms with van der Waals surface area (Å²) in [5, 5.41) is 11.9. The van der Waals surface area contributed by atoms with Gasteiger partial charge in [-0.1, -0.05) is 19.9 Å². The van der Waals surface area contributed by atoms with Gasteiger partial charge in [-0.3, -0.25) is 14.5 Å². The fourth-order valence-corrected chi connectivity index (χ4v) is 2.81. The van der Waals surface area contributed by atoms with Gasteiger partial charge in [0.25, 0.3) is 0 Å². The number of nitrogens with one attached hydrogen (secondary N) is 2. The summed E-state index contributed by atoms with van der Waals surface area (Å²) in [6.45, 7) is 6.61. The van der Waals surface area contributed by atoms with Crippen molar-refractivity contribution in [2.45, 2.75) is 26.8 Å². The summed E-state index contributed by atoms with van der Waals surface area (Å²) in [7, 11) is 0. The Bertz CT molecular complexity index is 627. The highest BCUT2D eigenvalue weighted by Gasteiger charge is 2.21. The van der Waals surface area contributed by atoms with Crippen LogP contribution < -0.4 is 5.32 Å². The van der Waals surface area contributed by atoms with Crippen molar-refractivity contribution < 1.29 is 4.79 Å². The molecule has 0 bridgehead atoms. The van der Waals surface area contributed by atoms with Crippen molar-refractivity contribution in [2.75, 3.05) is 6.54 Å². The van der Waals surface area contributed by atoms with E-state index in [2.05, 4.69) is 29.4 Å². The lowest BCUT2D eigenvalue weighted by Gasteiger charge is -2.16. The van der Waals surface area contributed by atoms with Gasteiger partial charge in [0, 0.05) is 6.54 Å². The van der Waals surface area contributed by atoms with Crippen LogP contribution in [-0.2, 0) is 4.79 Å². The van der Waals surface area contributed by atoms with E-state index in [0.717, 1.165) is 4.88 Å². The van der Waals surface area contributed by atoms with Crippen molar-refractivity contribution in [2.24, 2.45) is 5.92 Å². The number of aromatic nitrogens is 3. The first kappa shape index (κ1) is 14.9. The molecular weight excluding hydrogens is 292 g/mol. The van der Waals surface area contributed by atoms with Gasteiger partial charge in [-0.25, -0.2) is 0 Å². The minimum absolute atomic E-state index is 0.0472. The molecule has 0 saturated heterocycles. The molecule has 2 aromatic heterocycles. The Morgan fingerprint density at radius 2 is 2.30 bits per heavy atom. The van der Waals surface area contributed by atoms with Crippen LogP contribution in [0.4, 0.5) is 0 Å². The smallest absolute Gasteiger partial charge is 0.242 e. The molecule has 7 heteroatoms. The zero-order valence-electron chi connectivity index (χ0n) is 11.7. The zero-order chi connectivity index (χ0) is 14.7. The van der Waals surface area contributed by atoms with Crippen LogP contribution in [0.15, 0.2) is 17.5 Å². The number of carbonyl (C=O) groups is 1. The van der Waals surface area contributed by atoms with Gasteiger partial charge in [-0.15, -0.1) is 11.3 Å². The first-order chi connectivity index (χ1) is 9.50. The van der Waals surface area contributed by atoms with Gasteiger partial charge in [0.2, 0.25) is 5.91 Å². The third-order valence-corrected chi connectivity index (χ3v) is 4.05. The number of hydrogen-bond donors (Lipinski definition) is 2. The number of thiophene rings is 1. The third kappa shape index (κ3) is 3.16. The number of carbonyl (C=O) groups excluding carboxylic acids is 1. The van der Waals surface area contributed by atoms with Gasteiger partial charge < -0.3 is 5.32 Å². The molecular formula is C13H18N4OS2. The van der Waals surface area contributed by atoms with E-state index in [1.807, 2.05) is 24.4 Å². The molecule has 108 valence electrons. The topological polar surface area (TPSA) is 62.7 Å². The summed E-state index contributed by atoms with van der Waals surface area (Å²) >= 11 is 6.82. The highest BCUT2D eigenvalue weighted by atomic mass is 32.1. The van der Waals surface area contributed by atoms with Gasteiger partial charge in [0.15, 0.2) is 10.6 Å². The second-order valence-corrected chi connectivity index (χ2v) is 6.35. The quantitative estimate of drug-likeness (QED) is 0.835. The molecule has 0 radical (unpaired) electrons. The SMILES string of the molecule is CC(C)CNC(=O)[C@@H](C)n1c(-c2cccs2)n[nH]c1=S. The minimum Gasteiger partial charge on any atom is -0.354 e. The number of rotatable bonds is 5. The maximum Gasteiger partial charge on any atom is 0.242 e. The molecule has 0 spiro atoms. The van der Waals surface area contributed by atoms with Gasteiger partial charge in [-0.05, 0) is 36.5 Å². The summed E-state index contributed by atoms with van der Waals surface area (Å²) in [6.07, 6.45) is 0. The molecule has 0 aliphatic heterocycles. The van der Waals surface area contributed by atoms with E-state index < -0.39 is 6.04 Å². The summed E-state index contributed by atoms with van der Waals surface area (Å²) in [5.41, 5.74) is 0. The van der Waals surface area contributed by atoms with Crippen LogP contribution in [0.2, 0.25) is 0 Å². The first-order valence-electron chi connectivity index (χ1n) is 6.49. The van der Waals surface area contributed by atoms with Crippen LogP contribution in [0.5, 0.6) is 0 Å². The second kappa shape index (κ2) is 6.32. The maximum absolute atomic E-state index is 12.2. The molecule has 0 aliphatic carbocycles. The fraction of sp³-hybridized carbons (Fsp3) is 0.462. The van der Waals surface area contributed by atoms with Crippen molar-refractivity contribution in [1.82, 2.24) is 20.1 Å². The lowest BCUT2D eigenvalue weighted by molar-refractivity contribution is -0.124. The number of H-pyrrole nitrogens is 1. The average Bonchev–Trinajstić information content (AvgIpc) is 3.03. The second-order valence-electron chi connectivity index (χ2n) is 5.01. The van der Waals surface area contributed by atoms with Gasteiger partial charge in [0.05, 0.1) is 4.88 Å². The Kier molecular flexibility index (Phi) is 4.72. The summed E-state index contributed by atoms with van der Waals surface area (Å²) in [5.74, 6) is 1.08. The van der Waals surface area contributed by atoms with Gasteiger partial charge >= 0.3 is 0 Å². The molecule has 20 heavy (non-hydrogen) atoms. The van der Waals surface area contributed by atoms with Crippen molar-refractivity contribution in [3.05, 3.63) is 22.3 Å².